The van der Waals surface area contributed by atoms with Gasteiger partial charge in [-0.25, -0.2) is 0 Å². The molecule has 2 fully saturated rings. The monoisotopic (exact) mass is 353 g/mol. The highest BCUT2D eigenvalue weighted by Gasteiger charge is 2.25. The van der Waals surface area contributed by atoms with Crippen LogP contribution < -0.4 is 4.90 Å². The maximum Gasteiger partial charge on any atom is 0.178 e. The van der Waals surface area contributed by atoms with Crippen LogP contribution in [0.1, 0.15) is 31.0 Å². The first-order valence-electron chi connectivity index (χ1n) is 9.40. The predicted molar refractivity (Wildman–Crippen MR) is 96.0 cm³/mol. The molecular formula is C17H23N9. The van der Waals surface area contributed by atoms with Crippen molar-refractivity contribution in [2.75, 3.05) is 37.6 Å². The summed E-state index contributed by atoms with van der Waals surface area (Å²) in [4.78, 5) is 4.79. The minimum Gasteiger partial charge on any atom is -0.355 e. The maximum atomic E-state index is 4.81. The molecule has 9 heteroatoms. The van der Waals surface area contributed by atoms with E-state index in [1.54, 1.807) is 6.20 Å². The quantitative estimate of drug-likeness (QED) is 0.671. The van der Waals surface area contributed by atoms with Gasteiger partial charge in [0.25, 0.3) is 0 Å². The maximum absolute atomic E-state index is 4.81. The second kappa shape index (κ2) is 6.64. The first-order valence-corrected chi connectivity index (χ1v) is 9.40. The van der Waals surface area contributed by atoms with E-state index in [9.17, 15) is 0 Å². The summed E-state index contributed by atoms with van der Waals surface area (Å²) in [6.45, 7) is 6.23. The lowest BCUT2D eigenvalue weighted by Crippen LogP contribution is -2.38. The Kier molecular flexibility index (Phi) is 4.00. The van der Waals surface area contributed by atoms with Crippen molar-refractivity contribution in [2.45, 2.75) is 31.7 Å². The zero-order valence-electron chi connectivity index (χ0n) is 14.8. The second-order valence-corrected chi connectivity index (χ2v) is 7.14. The summed E-state index contributed by atoms with van der Waals surface area (Å²) in [6.07, 6.45) is 7.07. The highest BCUT2D eigenvalue weighted by Crippen LogP contribution is 2.27. The Morgan fingerprint density at radius 1 is 1.00 bits per heavy atom. The van der Waals surface area contributed by atoms with E-state index in [4.69, 9.17) is 5.10 Å². The van der Waals surface area contributed by atoms with Crippen molar-refractivity contribution in [1.82, 2.24) is 39.7 Å². The SMILES string of the molecule is c1cn(CCN2CCC(c3nnc4ccc(N5CCC5)nn34)CC2)nn1. The van der Waals surface area contributed by atoms with Crippen molar-refractivity contribution in [3.63, 3.8) is 0 Å². The van der Waals surface area contributed by atoms with Crippen molar-refractivity contribution in [2.24, 2.45) is 0 Å². The molecule has 5 rings (SSSR count). The molecule has 136 valence electrons. The fraction of sp³-hybridized carbons (Fsp3) is 0.588. The summed E-state index contributed by atoms with van der Waals surface area (Å²) in [7, 11) is 0. The summed E-state index contributed by atoms with van der Waals surface area (Å²) in [6, 6.07) is 4.09. The predicted octanol–water partition coefficient (Wildman–Crippen LogP) is 0.805. The Morgan fingerprint density at radius 2 is 1.88 bits per heavy atom. The van der Waals surface area contributed by atoms with Gasteiger partial charge < -0.3 is 9.80 Å². The van der Waals surface area contributed by atoms with Crippen LogP contribution in [0.3, 0.4) is 0 Å². The van der Waals surface area contributed by atoms with Crippen LogP contribution in [0.25, 0.3) is 5.65 Å². The molecule has 0 radical (unpaired) electrons. The van der Waals surface area contributed by atoms with Crippen molar-refractivity contribution in [3.8, 4) is 0 Å². The van der Waals surface area contributed by atoms with Gasteiger partial charge in [0.15, 0.2) is 11.5 Å². The Balaban J connectivity index is 1.25. The summed E-state index contributed by atoms with van der Waals surface area (Å²) >= 11 is 0. The third-order valence-corrected chi connectivity index (χ3v) is 5.52. The van der Waals surface area contributed by atoms with Gasteiger partial charge in [-0.2, -0.15) is 4.52 Å². The molecule has 0 saturated carbocycles. The number of fused-ring (bicyclic) bond motifs is 1. The Hall–Kier alpha value is -2.55. The number of hydrogen-bond donors (Lipinski definition) is 0. The van der Waals surface area contributed by atoms with Gasteiger partial charge in [0, 0.05) is 31.7 Å². The molecule has 5 heterocycles. The standard InChI is InChI=1S/C17H23N9/c1-7-24(8-1)16-3-2-15-19-20-17(26(15)21-16)14-4-9-23(10-5-14)12-13-25-11-6-18-22-25/h2-3,6,11,14H,1,4-5,7-10,12-13H2. The van der Waals surface area contributed by atoms with Gasteiger partial charge in [-0.1, -0.05) is 5.21 Å². The third-order valence-electron chi connectivity index (χ3n) is 5.52. The van der Waals surface area contributed by atoms with E-state index in [0.29, 0.717) is 5.92 Å². The number of rotatable bonds is 5. The molecule has 3 aromatic heterocycles. The highest BCUT2D eigenvalue weighted by molar-refractivity contribution is 5.47. The smallest absolute Gasteiger partial charge is 0.178 e. The van der Waals surface area contributed by atoms with Crippen LogP contribution in [0.4, 0.5) is 5.82 Å². The fourth-order valence-electron chi connectivity index (χ4n) is 3.77. The number of likely N-dealkylation sites (tertiary alicyclic amines) is 1. The lowest BCUT2D eigenvalue weighted by Gasteiger charge is -2.32. The summed E-state index contributed by atoms with van der Waals surface area (Å²) in [5.41, 5.74) is 0.845. The first kappa shape index (κ1) is 15.7. The molecule has 0 unspecified atom stereocenters. The van der Waals surface area contributed by atoms with Crippen LogP contribution in [-0.2, 0) is 6.54 Å². The molecule has 0 bridgehead atoms. The lowest BCUT2D eigenvalue weighted by atomic mass is 9.96. The van der Waals surface area contributed by atoms with Crippen molar-refractivity contribution in [3.05, 3.63) is 30.4 Å². The van der Waals surface area contributed by atoms with Crippen LogP contribution in [-0.4, -0.2) is 72.4 Å². The van der Waals surface area contributed by atoms with E-state index in [-0.39, 0.29) is 0 Å². The first-order chi connectivity index (χ1) is 12.9. The molecule has 0 amide bonds. The molecule has 0 aliphatic carbocycles. The van der Waals surface area contributed by atoms with Gasteiger partial charge in [0.2, 0.25) is 0 Å². The number of anilines is 1. The largest absolute Gasteiger partial charge is 0.355 e. The molecule has 0 N–H and O–H groups in total. The summed E-state index contributed by atoms with van der Waals surface area (Å²) in [5.74, 6) is 2.47. The van der Waals surface area contributed by atoms with Crippen LogP contribution in [0.15, 0.2) is 24.5 Å². The molecule has 2 aliphatic rings. The van der Waals surface area contributed by atoms with E-state index in [2.05, 4.69) is 36.4 Å². The molecular weight excluding hydrogens is 330 g/mol. The van der Waals surface area contributed by atoms with E-state index in [0.717, 1.165) is 69.4 Å². The normalized spacial score (nSPS) is 19.2. The minimum atomic E-state index is 0.423. The van der Waals surface area contributed by atoms with Crippen molar-refractivity contribution >= 4 is 11.5 Å². The lowest BCUT2D eigenvalue weighted by molar-refractivity contribution is 0.199. The Bertz CT molecular complexity index is 860. The third kappa shape index (κ3) is 2.92. The molecule has 2 saturated heterocycles. The number of aromatic nitrogens is 7. The Labute approximate surface area is 151 Å². The van der Waals surface area contributed by atoms with Gasteiger partial charge in [0.05, 0.1) is 12.7 Å². The van der Waals surface area contributed by atoms with Crippen LogP contribution in [0, 0.1) is 0 Å². The minimum absolute atomic E-state index is 0.423. The van der Waals surface area contributed by atoms with Gasteiger partial charge in [-0.05, 0) is 44.5 Å². The average Bonchev–Trinajstić information content (AvgIpc) is 3.28. The number of nitrogens with zero attached hydrogens (tertiary/aromatic N) is 9. The zero-order valence-corrected chi connectivity index (χ0v) is 14.8. The molecule has 2 aliphatic heterocycles. The van der Waals surface area contributed by atoms with Crippen molar-refractivity contribution < 1.29 is 0 Å². The second-order valence-electron chi connectivity index (χ2n) is 7.14. The zero-order chi connectivity index (χ0) is 17.3. The van der Waals surface area contributed by atoms with Crippen LogP contribution >= 0.6 is 0 Å². The Morgan fingerprint density at radius 3 is 2.62 bits per heavy atom. The number of hydrogen-bond acceptors (Lipinski definition) is 7. The van der Waals surface area contributed by atoms with Gasteiger partial charge >= 0.3 is 0 Å². The summed E-state index contributed by atoms with van der Waals surface area (Å²) < 4.78 is 3.85. The van der Waals surface area contributed by atoms with Crippen LogP contribution in [0.2, 0.25) is 0 Å². The van der Waals surface area contributed by atoms with Crippen molar-refractivity contribution in [1.29, 1.82) is 0 Å². The van der Waals surface area contributed by atoms with Crippen LogP contribution in [0.5, 0.6) is 0 Å². The molecule has 9 nitrogen and oxygen atoms in total. The molecule has 3 aromatic rings. The van der Waals surface area contributed by atoms with E-state index >= 15 is 0 Å². The average molecular weight is 353 g/mol. The fourth-order valence-corrected chi connectivity index (χ4v) is 3.77. The summed E-state index contributed by atoms with van der Waals surface area (Å²) in [5, 5.41) is 21.5. The van der Waals surface area contributed by atoms with E-state index < -0.39 is 0 Å². The highest BCUT2D eigenvalue weighted by atomic mass is 15.4. The molecule has 0 aromatic carbocycles. The topological polar surface area (TPSA) is 80.3 Å². The van der Waals surface area contributed by atoms with Gasteiger partial charge in [-0.3, -0.25) is 4.68 Å². The van der Waals surface area contributed by atoms with E-state index in [1.807, 2.05) is 21.5 Å². The number of piperidine rings is 1. The van der Waals surface area contributed by atoms with Gasteiger partial charge in [-0.15, -0.1) is 20.4 Å². The van der Waals surface area contributed by atoms with Gasteiger partial charge in [0.1, 0.15) is 5.82 Å². The molecule has 26 heavy (non-hydrogen) atoms. The molecule has 0 atom stereocenters. The van der Waals surface area contributed by atoms with E-state index in [1.165, 1.54) is 6.42 Å². The molecule has 0 spiro atoms.